The summed E-state index contributed by atoms with van der Waals surface area (Å²) in [7, 11) is 1.53. The van der Waals surface area contributed by atoms with E-state index in [4.69, 9.17) is 4.74 Å². The molecule has 0 spiro atoms. The number of halogens is 1. The number of hydrogen-bond donors (Lipinski definition) is 1. The highest BCUT2D eigenvalue weighted by atomic mass is 19.1. The summed E-state index contributed by atoms with van der Waals surface area (Å²) in [4.78, 5) is 27.9. The van der Waals surface area contributed by atoms with E-state index in [-0.39, 0.29) is 23.2 Å². The number of rotatable bonds is 6. The number of allylic oxidation sites excluding steroid dienone is 1. The van der Waals surface area contributed by atoms with E-state index in [1.807, 2.05) is 0 Å². The van der Waals surface area contributed by atoms with Gasteiger partial charge >= 0.3 is 0 Å². The summed E-state index contributed by atoms with van der Waals surface area (Å²) in [5.74, 6) is 0.175. The quantitative estimate of drug-likeness (QED) is 0.515. The van der Waals surface area contributed by atoms with Crippen LogP contribution in [0.5, 0.6) is 11.5 Å². The van der Waals surface area contributed by atoms with Gasteiger partial charge in [0.1, 0.15) is 23.0 Å². The lowest BCUT2D eigenvalue weighted by Gasteiger charge is -2.07. The zero-order valence-electron chi connectivity index (χ0n) is 15.1. The van der Waals surface area contributed by atoms with Crippen LogP contribution in [0.1, 0.15) is 26.4 Å². The summed E-state index contributed by atoms with van der Waals surface area (Å²) in [6.07, 6.45) is 4.54. The number of aromatic nitrogens is 1. The average Bonchev–Trinajstić information content (AvgIpc) is 2.73. The summed E-state index contributed by atoms with van der Waals surface area (Å²) < 4.78 is 18.6. The van der Waals surface area contributed by atoms with Gasteiger partial charge in [0.15, 0.2) is 5.78 Å². The molecule has 0 atom stereocenters. The number of benzene rings is 2. The van der Waals surface area contributed by atoms with Crippen molar-refractivity contribution in [2.45, 2.75) is 0 Å². The molecule has 0 radical (unpaired) electrons. The van der Waals surface area contributed by atoms with Crippen molar-refractivity contribution in [2.75, 3.05) is 7.05 Å². The molecule has 1 aromatic heterocycles. The minimum atomic E-state index is -0.323. The molecular weight excluding hydrogens is 359 g/mol. The van der Waals surface area contributed by atoms with Gasteiger partial charge in [0.25, 0.3) is 5.91 Å². The Morgan fingerprint density at radius 3 is 2.39 bits per heavy atom. The van der Waals surface area contributed by atoms with Gasteiger partial charge in [-0.2, -0.15) is 0 Å². The summed E-state index contributed by atoms with van der Waals surface area (Å²) in [5.41, 5.74) is 1.48. The molecule has 1 heterocycles. The van der Waals surface area contributed by atoms with E-state index >= 15 is 0 Å². The van der Waals surface area contributed by atoms with Crippen molar-refractivity contribution in [3.63, 3.8) is 0 Å². The fourth-order valence-corrected chi connectivity index (χ4v) is 2.39. The first kappa shape index (κ1) is 19.0. The van der Waals surface area contributed by atoms with Crippen LogP contribution in [0.4, 0.5) is 4.39 Å². The Morgan fingerprint density at radius 2 is 1.71 bits per heavy atom. The molecule has 0 saturated carbocycles. The van der Waals surface area contributed by atoms with Gasteiger partial charge in [-0.3, -0.25) is 14.6 Å². The lowest BCUT2D eigenvalue weighted by Crippen LogP contribution is -2.18. The topological polar surface area (TPSA) is 68.3 Å². The van der Waals surface area contributed by atoms with Crippen molar-refractivity contribution in [3.05, 3.63) is 95.6 Å². The molecule has 140 valence electrons. The van der Waals surface area contributed by atoms with Crippen molar-refractivity contribution in [1.82, 2.24) is 10.3 Å². The van der Waals surface area contributed by atoms with E-state index in [1.165, 1.54) is 37.5 Å². The third kappa shape index (κ3) is 4.88. The van der Waals surface area contributed by atoms with Gasteiger partial charge in [-0.25, -0.2) is 4.39 Å². The second-order valence-electron chi connectivity index (χ2n) is 5.83. The zero-order chi connectivity index (χ0) is 19.9. The monoisotopic (exact) mass is 376 g/mol. The Labute approximate surface area is 161 Å². The first-order valence-corrected chi connectivity index (χ1v) is 8.49. The highest BCUT2D eigenvalue weighted by molar-refractivity contribution is 6.06. The van der Waals surface area contributed by atoms with E-state index < -0.39 is 0 Å². The number of pyridine rings is 1. The van der Waals surface area contributed by atoms with Crippen LogP contribution in [0.3, 0.4) is 0 Å². The molecule has 1 amide bonds. The van der Waals surface area contributed by atoms with Crippen LogP contribution in [0.25, 0.3) is 6.08 Å². The van der Waals surface area contributed by atoms with E-state index in [0.29, 0.717) is 17.1 Å². The van der Waals surface area contributed by atoms with Crippen LogP contribution < -0.4 is 10.1 Å². The number of nitrogens with one attached hydrogen (secondary N) is 1. The standard InChI is InChI=1S/C22H17FN2O3/c1-24-22(27)20-14-19(12-13-25-20)28-18-9-5-16(6-10-18)21(26)11-4-15-2-7-17(23)8-3-15/h2-14H,1H3,(H,24,27)/b11-4+. The number of carbonyl (C=O) groups excluding carboxylic acids is 2. The predicted octanol–water partition coefficient (Wildman–Crippen LogP) is 4.27. The number of amides is 1. The SMILES string of the molecule is CNC(=O)c1cc(Oc2ccc(C(=O)/C=C/c3ccc(F)cc3)cc2)ccn1. The maximum Gasteiger partial charge on any atom is 0.269 e. The van der Waals surface area contributed by atoms with Gasteiger partial charge < -0.3 is 10.1 Å². The third-order valence-electron chi connectivity index (χ3n) is 3.86. The zero-order valence-corrected chi connectivity index (χ0v) is 15.1. The van der Waals surface area contributed by atoms with Gasteiger partial charge in [-0.1, -0.05) is 18.2 Å². The van der Waals surface area contributed by atoms with Crippen LogP contribution in [-0.2, 0) is 0 Å². The normalized spacial score (nSPS) is 10.6. The Kier molecular flexibility index (Phi) is 5.91. The van der Waals surface area contributed by atoms with E-state index in [9.17, 15) is 14.0 Å². The maximum atomic E-state index is 12.9. The van der Waals surface area contributed by atoms with Crippen molar-refractivity contribution in [1.29, 1.82) is 0 Å². The highest BCUT2D eigenvalue weighted by Gasteiger charge is 2.07. The molecule has 6 heteroatoms. The molecule has 28 heavy (non-hydrogen) atoms. The van der Waals surface area contributed by atoms with E-state index in [2.05, 4.69) is 10.3 Å². The first-order chi connectivity index (χ1) is 13.5. The molecule has 0 aliphatic heterocycles. The lowest BCUT2D eigenvalue weighted by atomic mass is 10.1. The molecule has 3 aromatic rings. The van der Waals surface area contributed by atoms with E-state index in [1.54, 1.807) is 48.5 Å². The van der Waals surface area contributed by atoms with Gasteiger partial charge in [0.05, 0.1) is 0 Å². The third-order valence-corrected chi connectivity index (χ3v) is 3.86. The lowest BCUT2D eigenvalue weighted by molar-refractivity contribution is 0.0957. The summed E-state index contributed by atoms with van der Waals surface area (Å²) in [6.45, 7) is 0. The van der Waals surface area contributed by atoms with Crippen LogP contribution >= 0.6 is 0 Å². The van der Waals surface area contributed by atoms with Crippen LogP contribution in [0, 0.1) is 5.82 Å². The molecule has 0 bridgehead atoms. The second-order valence-corrected chi connectivity index (χ2v) is 5.83. The van der Waals surface area contributed by atoms with Gasteiger partial charge in [0.2, 0.25) is 0 Å². The minimum absolute atomic E-state index is 0.179. The summed E-state index contributed by atoms with van der Waals surface area (Å²) >= 11 is 0. The van der Waals surface area contributed by atoms with E-state index in [0.717, 1.165) is 5.56 Å². The minimum Gasteiger partial charge on any atom is -0.457 e. The molecule has 0 fully saturated rings. The average molecular weight is 376 g/mol. The number of hydrogen-bond acceptors (Lipinski definition) is 4. The van der Waals surface area contributed by atoms with Gasteiger partial charge in [-0.15, -0.1) is 0 Å². The molecule has 1 N–H and O–H groups in total. The molecule has 5 nitrogen and oxygen atoms in total. The van der Waals surface area contributed by atoms with Crippen LogP contribution in [0.15, 0.2) is 72.9 Å². The molecule has 0 unspecified atom stereocenters. The number of nitrogens with zero attached hydrogens (tertiary/aromatic N) is 1. The Balaban J connectivity index is 1.67. The molecule has 0 saturated heterocycles. The Bertz CT molecular complexity index is 1010. The number of carbonyl (C=O) groups is 2. The smallest absolute Gasteiger partial charge is 0.269 e. The van der Waals surface area contributed by atoms with Crippen molar-refractivity contribution < 1.29 is 18.7 Å². The molecule has 3 rings (SSSR count). The molecule has 0 aliphatic carbocycles. The van der Waals surface area contributed by atoms with Crippen LogP contribution in [0.2, 0.25) is 0 Å². The second kappa shape index (κ2) is 8.73. The Morgan fingerprint density at radius 1 is 1.00 bits per heavy atom. The molecule has 2 aromatic carbocycles. The molecular formula is C22H17FN2O3. The first-order valence-electron chi connectivity index (χ1n) is 8.49. The fraction of sp³-hybridized carbons (Fsp3) is 0.0455. The van der Waals surface area contributed by atoms with Gasteiger partial charge in [0, 0.05) is 24.9 Å². The maximum absolute atomic E-state index is 12.9. The fourth-order valence-electron chi connectivity index (χ4n) is 2.39. The predicted molar refractivity (Wildman–Crippen MR) is 104 cm³/mol. The van der Waals surface area contributed by atoms with Gasteiger partial charge in [-0.05, 0) is 54.1 Å². The van der Waals surface area contributed by atoms with Crippen molar-refractivity contribution in [2.24, 2.45) is 0 Å². The summed E-state index contributed by atoms with van der Waals surface area (Å²) in [6, 6.07) is 15.7. The van der Waals surface area contributed by atoms with Crippen molar-refractivity contribution >= 4 is 17.8 Å². The number of ether oxygens (including phenoxy) is 1. The summed E-state index contributed by atoms with van der Waals surface area (Å²) in [5, 5.41) is 2.50. The number of ketones is 1. The Hall–Kier alpha value is -3.80. The van der Waals surface area contributed by atoms with Crippen molar-refractivity contribution in [3.8, 4) is 11.5 Å². The molecule has 0 aliphatic rings. The van der Waals surface area contributed by atoms with Crippen LogP contribution in [-0.4, -0.2) is 23.7 Å². The largest absolute Gasteiger partial charge is 0.457 e. The highest BCUT2D eigenvalue weighted by Crippen LogP contribution is 2.22.